The van der Waals surface area contributed by atoms with Gasteiger partial charge in [0.25, 0.3) is 0 Å². The van der Waals surface area contributed by atoms with E-state index in [2.05, 4.69) is 27.1 Å². The number of nitrogens with zero attached hydrogens (tertiary/aromatic N) is 3. The molecule has 0 saturated carbocycles. The summed E-state index contributed by atoms with van der Waals surface area (Å²) in [5.74, 6) is 0.926. The van der Waals surface area contributed by atoms with Crippen LogP contribution in [0.15, 0.2) is 30.5 Å². The molecule has 0 saturated heterocycles. The predicted octanol–water partition coefficient (Wildman–Crippen LogP) is 3.18. The van der Waals surface area contributed by atoms with Crippen molar-refractivity contribution in [2.45, 2.75) is 26.9 Å². The van der Waals surface area contributed by atoms with E-state index in [1.54, 1.807) is 6.20 Å². The number of rotatable bonds is 6. The smallest absolute Gasteiger partial charge is 0.129 e. The molecule has 0 amide bonds. The van der Waals surface area contributed by atoms with Gasteiger partial charge in [-0.1, -0.05) is 17.7 Å². The first-order chi connectivity index (χ1) is 10.1. The number of hydrogen-bond donors (Lipinski definition) is 1. The van der Waals surface area contributed by atoms with Gasteiger partial charge in [-0.25, -0.2) is 4.98 Å². The summed E-state index contributed by atoms with van der Waals surface area (Å²) in [6.07, 6.45) is 1.72. The molecule has 0 fully saturated rings. The van der Waals surface area contributed by atoms with Crippen LogP contribution in [0, 0.1) is 6.92 Å². The first kappa shape index (κ1) is 15.7. The van der Waals surface area contributed by atoms with E-state index in [1.165, 1.54) is 0 Å². The van der Waals surface area contributed by atoms with Crippen LogP contribution in [0.1, 0.15) is 23.9 Å². The highest BCUT2D eigenvalue weighted by atomic mass is 35.5. The molecule has 112 valence electrons. The number of halogens is 1. The van der Waals surface area contributed by atoms with Crippen molar-refractivity contribution in [2.75, 3.05) is 18.5 Å². The van der Waals surface area contributed by atoms with Crippen LogP contribution in [-0.2, 0) is 13.1 Å². The van der Waals surface area contributed by atoms with E-state index in [0.29, 0.717) is 5.02 Å². The zero-order valence-corrected chi connectivity index (χ0v) is 13.5. The van der Waals surface area contributed by atoms with Crippen molar-refractivity contribution in [2.24, 2.45) is 0 Å². The van der Waals surface area contributed by atoms with E-state index in [1.807, 2.05) is 38.2 Å². The fourth-order valence-electron chi connectivity index (χ4n) is 2.20. The molecule has 1 N–H and O–H groups in total. The number of nitrogens with one attached hydrogen (secondary N) is 1. The summed E-state index contributed by atoms with van der Waals surface area (Å²) in [6, 6.07) is 8.12. The average molecular weight is 305 g/mol. The van der Waals surface area contributed by atoms with Gasteiger partial charge >= 0.3 is 0 Å². The number of pyridine rings is 2. The zero-order chi connectivity index (χ0) is 15.2. The largest absolute Gasteiger partial charge is 0.351 e. The van der Waals surface area contributed by atoms with Crippen LogP contribution in [0.3, 0.4) is 0 Å². The first-order valence-electron chi connectivity index (χ1n) is 7.10. The summed E-state index contributed by atoms with van der Waals surface area (Å²) >= 11 is 6.17. The third-order valence-corrected chi connectivity index (χ3v) is 3.63. The molecule has 0 radical (unpaired) electrons. The van der Waals surface area contributed by atoms with E-state index in [4.69, 9.17) is 11.6 Å². The second kappa shape index (κ2) is 7.38. The van der Waals surface area contributed by atoms with E-state index in [9.17, 15) is 0 Å². The number of aryl methyl sites for hydroxylation is 1. The van der Waals surface area contributed by atoms with Crippen molar-refractivity contribution in [1.29, 1.82) is 0 Å². The summed E-state index contributed by atoms with van der Waals surface area (Å²) in [5.41, 5.74) is 3.13. The molecular formula is C16H21ClN4. The van der Waals surface area contributed by atoms with Crippen LogP contribution >= 0.6 is 11.6 Å². The molecule has 0 bridgehead atoms. The van der Waals surface area contributed by atoms with Gasteiger partial charge in [0.05, 0.1) is 17.3 Å². The molecule has 0 aliphatic rings. The van der Waals surface area contributed by atoms with Gasteiger partial charge in [-0.2, -0.15) is 0 Å². The average Bonchev–Trinajstić information content (AvgIpc) is 2.47. The van der Waals surface area contributed by atoms with Gasteiger partial charge in [-0.15, -0.1) is 0 Å². The highest BCUT2D eigenvalue weighted by molar-refractivity contribution is 6.31. The molecule has 0 aliphatic heterocycles. The van der Waals surface area contributed by atoms with Crippen LogP contribution < -0.4 is 10.2 Å². The Morgan fingerprint density at radius 3 is 2.81 bits per heavy atom. The topological polar surface area (TPSA) is 41.1 Å². The lowest BCUT2D eigenvalue weighted by atomic mass is 10.2. The number of hydrogen-bond acceptors (Lipinski definition) is 4. The zero-order valence-electron chi connectivity index (χ0n) is 12.7. The van der Waals surface area contributed by atoms with Crippen molar-refractivity contribution in [3.8, 4) is 0 Å². The minimum absolute atomic E-state index is 0.692. The van der Waals surface area contributed by atoms with Gasteiger partial charge in [-0.3, -0.25) is 4.98 Å². The highest BCUT2D eigenvalue weighted by Crippen LogP contribution is 2.21. The van der Waals surface area contributed by atoms with Crippen molar-refractivity contribution in [3.63, 3.8) is 0 Å². The lowest BCUT2D eigenvalue weighted by Crippen LogP contribution is -2.24. The molecule has 0 spiro atoms. The van der Waals surface area contributed by atoms with Crippen LogP contribution in [-0.4, -0.2) is 23.6 Å². The molecule has 2 aromatic heterocycles. The van der Waals surface area contributed by atoms with Crippen molar-refractivity contribution in [1.82, 2.24) is 15.3 Å². The minimum Gasteiger partial charge on any atom is -0.351 e. The summed E-state index contributed by atoms with van der Waals surface area (Å²) in [4.78, 5) is 11.2. The molecule has 4 nitrogen and oxygen atoms in total. The fraction of sp³-hybridized carbons (Fsp3) is 0.375. The standard InChI is InChI=1S/C16H21ClN4/c1-4-21(11-14-7-5-6-12(2)20-14)16-8-13(9-18-3)15(17)10-19-16/h5-8,10,18H,4,9,11H2,1-3H3. The van der Waals surface area contributed by atoms with Crippen molar-refractivity contribution >= 4 is 17.4 Å². The van der Waals surface area contributed by atoms with Gasteiger partial charge in [-0.05, 0) is 44.7 Å². The maximum absolute atomic E-state index is 6.17. The van der Waals surface area contributed by atoms with E-state index in [0.717, 1.165) is 42.4 Å². The molecule has 2 heterocycles. The van der Waals surface area contributed by atoms with Crippen LogP contribution in [0.2, 0.25) is 5.02 Å². The molecule has 21 heavy (non-hydrogen) atoms. The Hall–Kier alpha value is -1.65. The second-order valence-electron chi connectivity index (χ2n) is 4.95. The minimum atomic E-state index is 0.692. The molecule has 0 aliphatic carbocycles. The number of anilines is 1. The van der Waals surface area contributed by atoms with Gasteiger partial charge in [0, 0.05) is 25.0 Å². The van der Waals surface area contributed by atoms with Crippen molar-refractivity contribution < 1.29 is 0 Å². The SMILES string of the molecule is CCN(Cc1cccc(C)n1)c1cc(CNC)c(Cl)cn1. The van der Waals surface area contributed by atoms with Crippen LogP contribution in [0.4, 0.5) is 5.82 Å². The Labute approximate surface area is 131 Å². The van der Waals surface area contributed by atoms with E-state index in [-0.39, 0.29) is 0 Å². The van der Waals surface area contributed by atoms with Gasteiger partial charge in [0.2, 0.25) is 0 Å². The van der Waals surface area contributed by atoms with E-state index >= 15 is 0 Å². The summed E-state index contributed by atoms with van der Waals surface area (Å²) in [5, 5.41) is 3.82. The highest BCUT2D eigenvalue weighted by Gasteiger charge is 2.10. The Bertz CT molecular complexity index is 601. The first-order valence-corrected chi connectivity index (χ1v) is 7.48. The second-order valence-corrected chi connectivity index (χ2v) is 5.36. The maximum Gasteiger partial charge on any atom is 0.129 e. The molecule has 0 atom stereocenters. The van der Waals surface area contributed by atoms with E-state index < -0.39 is 0 Å². The quantitative estimate of drug-likeness (QED) is 0.890. The molecule has 2 aromatic rings. The predicted molar refractivity (Wildman–Crippen MR) is 87.7 cm³/mol. The Kier molecular flexibility index (Phi) is 5.53. The summed E-state index contributed by atoms with van der Waals surface area (Å²) in [6.45, 7) is 6.46. The molecular weight excluding hydrogens is 284 g/mol. The lowest BCUT2D eigenvalue weighted by Gasteiger charge is -2.22. The molecule has 0 aromatic carbocycles. The lowest BCUT2D eigenvalue weighted by molar-refractivity contribution is 0.780. The molecule has 2 rings (SSSR count). The van der Waals surface area contributed by atoms with Crippen LogP contribution in [0.25, 0.3) is 0 Å². The Morgan fingerprint density at radius 1 is 1.33 bits per heavy atom. The Balaban J connectivity index is 2.22. The third-order valence-electron chi connectivity index (χ3n) is 3.29. The molecule has 5 heteroatoms. The normalized spacial score (nSPS) is 10.7. The van der Waals surface area contributed by atoms with Gasteiger partial charge in [0.15, 0.2) is 0 Å². The third kappa shape index (κ3) is 4.16. The van der Waals surface area contributed by atoms with Gasteiger partial charge < -0.3 is 10.2 Å². The summed E-state index contributed by atoms with van der Waals surface area (Å²) < 4.78 is 0. The fourth-order valence-corrected chi connectivity index (χ4v) is 2.37. The number of aromatic nitrogens is 2. The summed E-state index contributed by atoms with van der Waals surface area (Å²) in [7, 11) is 1.91. The van der Waals surface area contributed by atoms with Crippen LogP contribution in [0.5, 0.6) is 0 Å². The monoisotopic (exact) mass is 304 g/mol. The molecule has 0 unspecified atom stereocenters. The van der Waals surface area contributed by atoms with Crippen molar-refractivity contribution in [3.05, 3.63) is 52.4 Å². The van der Waals surface area contributed by atoms with Gasteiger partial charge in [0.1, 0.15) is 5.82 Å². The Morgan fingerprint density at radius 2 is 2.14 bits per heavy atom. The maximum atomic E-state index is 6.17.